The lowest BCUT2D eigenvalue weighted by Gasteiger charge is -2.25. The molecule has 0 aliphatic carbocycles. The molecule has 18 heavy (non-hydrogen) atoms. The minimum absolute atomic E-state index is 0.265. The van der Waals surface area contributed by atoms with Gasteiger partial charge in [-0.3, -0.25) is 9.59 Å². The molecule has 2 N–H and O–H groups in total. The van der Waals surface area contributed by atoms with Gasteiger partial charge in [0.15, 0.2) is 0 Å². The second kappa shape index (κ2) is 6.03. The lowest BCUT2D eigenvalue weighted by molar-refractivity contribution is -0.165. The van der Waals surface area contributed by atoms with Crippen molar-refractivity contribution in [2.45, 2.75) is 32.5 Å². The van der Waals surface area contributed by atoms with E-state index in [1.54, 1.807) is 20.8 Å². The minimum Gasteiger partial charge on any atom is -0.480 e. The molecule has 0 unspecified atom stereocenters. The maximum absolute atomic E-state index is 12.2. The van der Waals surface area contributed by atoms with Crippen LogP contribution in [0.2, 0.25) is 0 Å². The number of carboxylic acids is 1. The fourth-order valence-electron chi connectivity index (χ4n) is 1.06. The molecule has 0 aromatic heterocycles. The van der Waals surface area contributed by atoms with Crippen LogP contribution in [0.1, 0.15) is 20.8 Å². The molecule has 0 fully saturated rings. The van der Waals surface area contributed by atoms with E-state index in [0.29, 0.717) is 0 Å². The number of aliphatic carboxylic acids is 1. The molecule has 0 radical (unpaired) electrons. The Bertz CT molecular complexity index is 310. The Morgan fingerprint density at radius 3 is 2.06 bits per heavy atom. The van der Waals surface area contributed by atoms with Gasteiger partial charge < -0.3 is 15.3 Å². The lowest BCUT2D eigenvalue weighted by atomic mass is 10.1. The van der Waals surface area contributed by atoms with E-state index in [9.17, 15) is 22.8 Å². The summed E-state index contributed by atoms with van der Waals surface area (Å²) in [5, 5.41) is 11.2. The number of carbonyl (C=O) groups is 2. The van der Waals surface area contributed by atoms with E-state index in [4.69, 9.17) is 5.11 Å². The molecule has 0 saturated heterocycles. The summed E-state index contributed by atoms with van der Waals surface area (Å²) in [4.78, 5) is 22.2. The maximum Gasteiger partial charge on any atom is 0.406 e. The lowest BCUT2D eigenvalue weighted by Crippen LogP contribution is -2.48. The molecule has 0 aromatic rings. The average Bonchev–Trinajstić information content (AvgIpc) is 2.08. The summed E-state index contributed by atoms with van der Waals surface area (Å²) in [6.07, 6.45) is -4.62. The van der Waals surface area contributed by atoms with Crippen LogP contribution in [0.15, 0.2) is 0 Å². The Balaban J connectivity index is 4.55. The molecule has 0 spiro atoms. The van der Waals surface area contributed by atoms with Crippen molar-refractivity contribution in [3.05, 3.63) is 0 Å². The highest BCUT2D eigenvalue weighted by Gasteiger charge is 2.34. The number of nitrogens with one attached hydrogen (secondary N) is 1. The first-order chi connectivity index (χ1) is 7.91. The predicted octanol–water partition coefficient (Wildman–Crippen LogP) is 0.850. The largest absolute Gasteiger partial charge is 0.480 e. The third kappa shape index (κ3) is 8.80. The Labute approximate surface area is 103 Å². The molecule has 0 aliphatic heterocycles. The third-order valence-electron chi connectivity index (χ3n) is 1.82. The zero-order valence-corrected chi connectivity index (χ0v) is 10.5. The molecule has 0 heterocycles. The number of halogens is 3. The number of hydrogen-bond acceptors (Lipinski definition) is 3. The first-order valence-electron chi connectivity index (χ1n) is 5.22. The van der Waals surface area contributed by atoms with Crippen LogP contribution in [0.5, 0.6) is 0 Å². The Morgan fingerprint density at radius 1 is 1.22 bits per heavy atom. The fourth-order valence-corrected chi connectivity index (χ4v) is 1.06. The normalized spacial score (nSPS) is 12.3. The van der Waals surface area contributed by atoms with Crippen molar-refractivity contribution in [2.75, 3.05) is 19.6 Å². The second-order valence-electron chi connectivity index (χ2n) is 4.86. The van der Waals surface area contributed by atoms with E-state index >= 15 is 0 Å². The number of alkyl halides is 3. The smallest absolute Gasteiger partial charge is 0.406 e. The van der Waals surface area contributed by atoms with E-state index in [2.05, 4.69) is 5.32 Å². The van der Waals surface area contributed by atoms with Crippen LogP contribution in [-0.2, 0) is 9.59 Å². The summed E-state index contributed by atoms with van der Waals surface area (Å²) < 4.78 is 36.6. The van der Waals surface area contributed by atoms with Gasteiger partial charge in [0.05, 0.1) is 6.54 Å². The average molecular weight is 270 g/mol. The number of carboxylic acid groups (broad SMARTS) is 1. The van der Waals surface area contributed by atoms with Crippen LogP contribution in [0.4, 0.5) is 13.2 Å². The van der Waals surface area contributed by atoms with E-state index in [1.807, 2.05) is 0 Å². The predicted molar refractivity (Wildman–Crippen MR) is 58.0 cm³/mol. The van der Waals surface area contributed by atoms with Gasteiger partial charge in [-0.15, -0.1) is 0 Å². The standard InChI is InChI=1S/C10H17F3N2O3/c1-9(2,3)14-4-7(16)15(5-8(17)18)6-10(11,12)13/h14H,4-6H2,1-3H3,(H,17,18). The van der Waals surface area contributed by atoms with Gasteiger partial charge in [-0.25, -0.2) is 0 Å². The van der Waals surface area contributed by atoms with Crippen LogP contribution in [0.25, 0.3) is 0 Å². The van der Waals surface area contributed by atoms with E-state index in [-0.39, 0.29) is 11.4 Å². The maximum atomic E-state index is 12.2. The molecule has 5 nitrogen and oxygen atoms in total. The molecule has 0 atom stereocenters. The topological polar surface area (TPSA) is 69.6 Å². The van der Waals surface area contributed by atoms with E-state index < -0.39 is 36.7 Å². The van der Waals surface area contributed by atoms with Crippen LogP contribution in [0, 0.1) is 0 Å². The number of amides is 1. The molecule has 0 aromatic carbocycles. The number of carbonyl (C=O) groups excluding carboxylic acids is 1. The quantitative estimate of drug-likeness (QED) is 0.777. The zero-order valence-electron chi connectivity index (χ0n) is 10.5. The molecular weight excluding hydrogens is 253 g/mol. The van der Waals surface area contributed by atoms with E-state index in [1.165, 1.54) is 0 Å². The molecule has 0 aliphatic rings. The summed E-state index contributed by atoms with van der Waals surface area (Å²) in [5.74, 6) is -2.38. The van der Waals surface area contributed by atoms with E-state index in [0.717, 1.165) is 0 Å². The highest BCUT2D eigenvalue weighted by molar-refractivity contribution is 5.82. The molecule has 106 valence electrons. The highest BCUT2D eigenvalue weighted by Crippen LogP contribution is 2.16. The van der Waals surface area contributed by atoms with Gasteiger partial charge in [0.25, 0.3) is 0 Å². The third-order valence-corrected chi connectivity index (χ3v) is 1.82. The Kier molecular flexibility index (Phi) is 5.59. The molecule has 0 bridgehead atoms. The van der Waals surface area contributed by atoms with Gasteiger partial charge in [-0.05, 0) is 20.8 Å². The summed E-state index contributed by atoms with van der Waals surface area (Å²) >= 11 is 0. The molecule has 1 amide bonds. The number of nitrogens with zero attached hydrogens (tertiary/aromatic N) is 1. The summed E-state index contributed by atoms with van der Waals surface area (Å²) in [5.41, 5.74) is -0.442. The Hall–Kier alpha value is -1.31. The van der Waals surface area contributed by atoms with Gasteiger partial charge in [-0.2, -0.15) is 13.2 Å². The number of rotatable bonds is 5. The van der Waals surface area contributed by atoms with Gasteiger partial charge in [-0.1, -0.05) is 0 Å². The Morgan fingerprint density at radius 2 is 1.72 bits per heavy atom. The SMILES string of the molecule is CC(C)(C)NCC(=O)N(CC(=O)O)CC(F)(F)F. The summed E-state index contributed by atoms with van der Waals surface area (Å²) in [6.45, 7) is 2.35. The van der Waals surface area contributed by atoms with Crippen molar-refractivity contribution in [2.24, 2.45) is 0 Å². The second-order valence-corrected chi connectivity index (χ2v) is 4.86. The van der Waals surface area contributed by atoms with Gasteiger partial charge >= 0.3 is 12.1 Å². The molecular formula is C10H17F3N2O3. The zero-order chi connectivity index (χ0) is 14.6. The van der Waals surface area contributed by atoms with Crippen molar-refractivity contribution in [1.82, 2.24) is 10.2 Å². The van der Waals surface area contributed by atoms with Crippen molar-refractivity contribution < 1.29 is 27.9 Å². The van der Waals surface area contributed by atoms with Crippen molar-refractivity contribution in [3.63, 3.8) is 0 Å². The van der Waals surface area contributed by atoms with Crippen LogP contribution in [0.3, 0.4) is 0 Å². The molecule has 0 rings (SSSR count). The highest BCUT2D eigenvalue weighted by atomic mass is 19.4. The van der Waals surface area contributed by atoms with Gasteiger partial charge in [0, 0.05) is 5.54 Å². The van der Waals surface area contributed by atoms with Gasteiger partial charge in [0.2, 0.25) is 5.91 Å². The van der Waals surface area contributed by atoms with Crippen molar-refractivity contribution >= 4 is 11.9 Å². The van der Waals surface area contributed by atoms with Crippen molar-refractivity contribution in [3.8, 4) is 0 Å². The van der Waals surface area contributed by atoms with Crippen LogP contribution in [-0.4, -0.2) is 53.2 Å². The van der Waals surface area contributed by atoms with Crippen LogP contribution < -0.4 is 5.32 Å². The van der Waals surface area contributed by atoms with Crippen LogP contribution >= 0.6 is 0 Å². The minimum atomic E-state index is -4.62. The van der Waals surface area contributed by atoms with Gasteiger partial charge in [0.1, 0.15) is 13.1 Å². The number of hydrogen-bond donors (Lipinski definition) is 2. The summed E-state index contributed by atoms with van der Waals surface area (Å²) in [6, 6.07) is 0. The molecule has 0 saturated carbocycles. The summed E-state index contributed by atoms with van der Waals surface area (Å²) in [7, 11) is 0. The van der Waals surface area contributed by atoms with Crippen molar-refractivity contribution in [1.29, 1.82) is 0 Å². The first-order valence-corrected chi connectivity index (χ1v) is 5.22. The monoisotopic (exact) mass is 270 g/mol. The fraction of sp³-hybridized carbons (Fsp3) is 0.800. The first kappa shape index (κ1) is 16.7. The molecule has 8 heteroatoms.